The molecule has 0 fully saturated rings. The lowest BCUT2D eigenvalue weighted by atomic mass is 10.1. The summed E-state index contributed by atoms with van der Waals surface area (Å²) in [7, 11) is 0. The molecule has 132 valence electrons. The zero-order valence-corrected chi connectivity index (χ0v) is 16.4. The van der Waals surface area contributed by atoms with Gasteiger partial charge in [-0.05, 0) is 31.0 Å². The van der Waals surface area contributed by atoms with Gasteiger partial charge in [0.05, 0.1) is 18.9 Å². The monoisotopic (exact) mass is 388 g/mol. The van der Waals surface area contributed by atoms with E-state index in [2.05, 4.69) is 25.3 Å². The largest absolute Gasteiger partial charge is 0.394 e. The minimum Gasteiger partial charge on any atom is -0.394 e. The second-order valence-corrected chi connectivity index (χ2v) is 7.54. The van der Waals surface area contributed by atoms with Gasteiger partial charge in [-0.2, -0.15) is 0 Å². The van der Waals surface area contributed by atoms with E-state index in [4.69, 9.17) is 38.0 Å². The number of imidazole rings is 1. The summed E-state index contributed by atoms with van der Waals surface area (Å²) in [6, 6.07) is 5.49. The predicted octanol–water partition coefficient (Wildman–Crippen LogP) is 4.99. The minimum absolute atomic E-state index is 0.00644. The molecule has 0 saturated carbocycles. The van der Waals surface area contributed by atoms with Crippen LogP contribution in [-0.2, 0) is 17.9 Å². The lowest BCUT2D eigenvalue weighted by Crippen LogP contribution is -2.09. The van der Waals surface area contributed by atoms with Crippen LogP contribution in [0.3, 0.4) is 0 Å². The van der Waals surface area contributed by atoms with Gasteiger partial charge in [0.1, 0.15) is 17.5 Å². The third-order valence-corrected chi connectivity index (χ3v) is 4.83. The summed E-state index contributed by atoms with van der Waals surface area (Å²) in [5.41, 5.74) is 1.17. The fraction of sp³-hybridized carbons (Fsp3) is 0.471. The number of hydrogen-bond acceptors (Lipinski definition) is 4. The van der Waals surface area contributed by atoms with Gasteiger partial charge in [0.25, 0.3) is 0 Å². The van der Waals surface area contributed by atoms with E-state index in [1.807, 2.05) is 12.1 Å². The van der Waals surface area contributed by atoms with Gasteiger partial charge in [-0.3, -0.25) is 0 Å². The van der Waals surface area contributed by atoms with Crippen molar-refractivity contribution in [2.45, 2.75) is 49.8 Å². The molecule has 0 radical (unpaired) electrons. The maximum Gasteiger partial charge on any atom is 0.136 e. The van der Waals surface area contributed by atoms with Crippen molar-refractivity contribution in [1.29, 1.82) is 0 Å². The van der Waals surface area contributed by atoms with Crippen LogP contribution < -0.4 is 0 Å². The van der Waals surface area contributed by atoms with Crippen LogP contribution >= 0.6 is 35.0 Å². The number of nitrogens with zero attached hydrogens (tertiary/aromatic N) is 2. The molecule has 1 heterocycles. The summed E-state index contributed by atoms with van der Waals surface area (Å²) in [5.74, 6) is 1.19. The average molecular weight is 389 g/mol. The Hall–Kier alpha value is -0.720. The molecule has 0 saturated heterocycles. The Labute approximate surface area is 157 Å². The molecule has 0 amide bonds. The molecule has 1 N–H and O–H groups in total. The molecule has 0 spiro atoms. The van der Waals surface area contributed by atoms with Crippen LogP contribution in [-0.4, -0.2) is 27.9 Å². The predicted molar refractivity (Wildman–Crippen MR) is 99.3 cm³/mol. The summed E-state index contributed by atoms with van der Waals surface area (Å²) < 4.78 is 7.64. The van der Waals surface area contributed by atoms with Gasteiger partial charge < -0.3 is 14.4 Å². The molecule has 0 aliphatic rings. The van der Waals surface area contributed by atoms with Crippen molar-refractivity contribution in [1.82, 2.24) is 9.55 Å². The highest BCUT2D eigenvalue weighted by molar-refractivity contribution is 7.99. The summed E-state index contributed by atoms with van der Waals surface area (Å²) in [5, 5.41) is 11.0. The Morgan fingerprint density at radius 3 is 2.46 bits per heavy atom. The summed E-state index contributed by atoms with van der Waals surface area (Å²) in [6.45, 7) is 7.90. The Bertz CT molecular complexity index is 669. The molecule has 0 bridgehead atoms. The number of aliphatic hydroxyl groups excluding tert-OH is 1. The van der Waals surface area contributed by atoms with Gasteiger partial charge in [0.2, 0.25) is 0 Å². The van der Waals surface area contributed by atoms with Crippen LogP contribution in [0, 0.1) is 0 Å². The maximum atomic E-state index is 8.88. The highest BCUT2D eigenvalue weighted by atomic mass is 35.5. The first-order valence-corrected chi connectivity index (χ1v) is 9.45. The number of benzene rings is 1. The molecular formula is C17H22Cl2N2O2S. The number of ether oxygens (including phenoxy) is 1. The number of aliphatic hydroxyl groups is 1. The molecule has 1 aromatic heterocycles. The van der Waals surface area contributed by atoms with Crippen LogP contribution in [0.5, 0.6) is 0 Å². The van der Waals surface area contributed by atoms with Crippen molar-refractivity contribution in [2.75, 3.05) is 13.2 Å². The minimum atomic E-state index is 0.00644. The second-order valence-electron chi connectivity index (χ2n) is 5.60. The molecule has 0 unspecified atom stereocenters. The molecule has 0 aliphatic heterocycles. The summed E-state index contributed by atoms with van der Waals surface area (Å²) >= 11 is 13.8. The molecule has 0 aliphatic carbocycles. The van der Waals surface area contributed by atoms with E-state index in [1.165, 1.54) is 5.69 Å². The van der Waals surface area contributed by atoms with E-state index in [1.54, 1.807) is 17.8 Å². The lowest BCUT2D eigenvalue weighted by molar-refractivity contribution is 0.0759. The van der Waals surface area contributed by atoms with Crippen LogP contribution in [0.25, 0.3) is 0 Å². The third kappa shape index (κ3) is 4.90. The fourth-order valence-corrected chi connectivity index (χ4v) is 4.37. The maximum absolute atomic E-state index is 8.88. The van der Waals surface area contributed by atoms with E-state index < -0.39 is 0 Å². The Kier molecular flexibility index (Phi) is 7.44. The zero-order chi connectivity index (χ0) is 17.7. The van der Waals surface area contributed by atoms with Crippen molar-refractivity contribution >= 4 is 35.0 Å². The molecule has 2 rings (SSSR count). The van der Waals surface area contributed by atoms with Crippen LogP contribution in [0.15, 0.2) is 28.1 Å². The van der Waals surface area contributed by atoms with Crippen LogP contribution in [0.4, 0.5) is 0 Å². The highest BCUT2D eigenvalue weighted by Gasteiger charge is 2.20. The van der Waals surface area contributed by atoms with Gasteiger partial charge >= 0.3 is 0 Å². The summed E-state index contributed by atoms with van der Waals surface area (Å²) in [6.07, 6.45) is 0. The molecule has 1 aromatic carbocycles. The second kappa shape index (κ2) is 9.11. The SMILES string of the molecule is CCn1c(COCCO)nc(Sc2cc(Cl)cc(Cl)c2)c1C(C)C. The topological polar surface area (TPSA) is 47.3 Å². The molecular weight excluding hydrogens is 367 g/mol. The van der Waals surface area contributed by atoms with Crippen LogP contribution in [0.1, 0.15) is 38.2 Å². The van der Waals surface area contributed by atoms with Gasteiger partial charge in [-0.25, -0.2) is 4.98 Å². The third-order valence-electron chi connectivity index (χ3n) is 3.43. The van der Waals surface area contributed by atoms with Gasteiger partial charge in [0, 0.05) is 21.5 Å². The molecule has 24 heavy (non-hydrogen) atoms. The van der Waals surface area contributed by atoms with Gasteiger partial charge in [-0.1, -0.05) is 48.8 Å². The molecule has 4 nitrogen and oxygen atoms in total. The van der Waals surface area contributed by atoms with Gasteiger partial charge in [0.15, 0.2) is 0 Å². The van der Waals surface area contributed by atoms with Crippen LogP contribution in [0.2, 0.25) is 10.0 Å². The molecule has 2 aromatic rings. The number of hydrogen-bond donors (Lipinski definition) is 1. The smallest absolute Gasteiger partial charge is 0.136 e. The number of aromatic nitrogens is 2. The molecule has 0 atom stereocenters. The fourth-order valence-electron chi connectivity index (χ4n) is 2.51. The van der Waals surface area contributed by atoms with Crippen molar-refractivity contribution in [3.8, 4) is 0 Å². The molecule has 7 heteroatoms. The van der Waals surface area contributed by atoms with Crippen molar-refractivity contribution in [2.24, 2.45) is 0 Å². The Morgan fingerprint density at radius 1 is 1.25 bits per heavy atom. The first kappa shape index (κ1) is 19.6. The standard InChI is InChI=1S/C17H22Cl2N2O2S/c1-4-21-15(10-23-6-5-22)20-17(16(21)11(2)3)24-14-8-12(18)7-13(19)9-14/h7-9,11,22H,4-6,10H2,1-3H3. The number of rotatable bonds is 8. The average Bonchev–Trinajstić information content (AvgIpc) is 2.84. The Morgan fingerprint density at radius 2 is 1.92 bits per heavy atom. The quantitative estimate of drug-likeness (QED) is 0.646. The Balaban J connectivity index is 2.36. The van der Waals surface area contributed by atoms with Crippen molar-refractivity contribution < 1.29 is 9.84 Å². The summed E-state index contributed by atoms with van der Waals surface area (Å²) in [4.78, 5) is 5.72. The van der Waals surface area contributed by atoms with E-state index in [0.29, 0.717) is 29.2 Å². The van der Waals surface area contributed by atoms with E-state index in [-0.39, 0.29) is 6.61 Å². The van der Waals surface area contributed by atoms with E-state index >= 15 is 0 Å². The van der Waals surface area contributed by atoms with Crippen molar-refractivity contribution in [3.63, 3.8) is 0 Å². The highest BCUT2D eigenvalue weighted by Crippen LogP contribution is 2.36. The van der Waals surface area contributed by atoms with E-state index in [9.17, 15) is 0 Å². The van der Waals surface area contributed by atoms with E-state index in [0.717, 1.165) is 22.3 Å². The lowest BCUT2D eigenvalue weighted by Gasteiger charge is -2.13. The first-order valence-electron chi connectivity index (χ1n) is 7.88. The van der Waals surface area contributed by atoms with Gasteiger partial charge in [-0.15, -0.1) is 0 Å². The zero-order valence-electron chi connectivity index (χ0n) is 14.1. The van der Waals surface area contributed by atoms with Crippen molar-refractivity contribution in [3.05, 3.63) is 39.8 Å². The normalized spacial score (nSPS) is 11.5. The number of halogens is 2. The first-order chi connectivity index (χ1) is 11.5.